The molecule has 5 nitrogen and oxygen atoms in total. The zero-order valence-electron chi connectivity index (χ0n) is 13.8. The highest BCUT2D eigenvalue weighted by molar-refractivity contribution is 7.99. The van der Waals surface area contributed by atoms with E-state index in [-0.39, 0.29) is 17.7 Å². The van der Waals surface area contributed by atoms with Gasteiger partial charge in [-0.15, -0.1) is 10.2 Å². The van der Waals surface area contributed by atoms with E-state index < -0.39 is 0 Å². The largest absolute Gasteiger partial charge is 0.325 e. The second-order valence-corrected chi connectivity index (χ2v) is 6.89. The molecule has 0 spiro atoms. The van der Waals surface area contributed by atoms with Gasteiger partial charge in [0.2, 0.25) is 5.91 Å². The van der Waals surface area contributed by atoms with Gasteiger partial charge in [0.25, 0.3) is 0 Å². The fourth-order valence-corrected chi connectivity index (χ4v) is 3.27. The van der Waals surface area contributed by atoms with E-state index in [1.807, 2.05) is 19.9 Å². The number of anilines is 1. The molecular formula is C16H21ClN4OS. The third-order valence-corrected chi connectivity index (χ3v) is 4.55. The van der Waals surface area contributed by atoms with E-state index >= 15 is 0 Å². The van der Waals surface area contributed by atoms with Crippen molar-refractivity contribution in [2.45, 2.75) is 45.3 Å². The molecule has 1 N–H and O–H groups in total. The van der Waals surface area contributed by atoms with E-state index in [2.05, 4.69) is 33.9 Å². The predicted octanol–water partition coefficient (Wildman–Crippen LogP) is 4.11. The van der Waals surface area contributed by atoms with E-state index in [1.165, 1.54) is 11.8 Å². The van der Waals surface area contributed by atoms with Crippen molar-refractivity contribution in [1.82, 2.24) is 14.8 Å². The molecule has 2 rings (SSSR count). The number of aryl methyl sites for hydroxylation is 2. The molecule has 124 valence electrons. The van der Waals surface area contributed by atoms with Gasteiger partial charge in [0.1, 0.15) is 5.82 Å². The molecule has 0 bridgehead atoms. The number of thioether (sulfide) groups is 1. The first-order chi connectivity index (χ1) is 10.9. The molecule has 0 unspecified atom stereocenters. The molecule has 1 heterocycles. The van der Waals surface area contributed by atoms with Crippen LogP contribution in [0.2, 0.25) is 5.02 Å². The summed E-state index contributed by atoms with van der Waals surface area (Å²) in [7, 11) is 0. The zero-order valence-corrected chi connectivity index (χ0v) is 15.3. The second-order valence-electron chi connectivity index (χ2n) is 5.51. The Morgan fingerprint density at radius 2 is 2.13 bits per heavy atom. The number of aromatic nitrogens is 3. The number of carbonyl (C=O) groups excluding carboxylic acids is 1. The highest BCUT2D eigenvalue weighted by Gasteiger charge is 2.15. The Bertz CT molecular complexity index is 699. The monoisotopic (exact) mass is 352 g/mol. The fraction of sp³-hybridized carbons (Fsp3) is 0.438. The van der Waals surface area contributed by atoms with Gasteiger partial charge in [-0.25, -0.2) is 0 Å². The first-order valence-corrected chi connectivity index (χ1v) is 8.91. The molecule has 0 atom stereocenters. The molecule has 0 aliphatic rings. The van der Waals surface area contributed by atoms with Crippen LogP contribution in [0.15, 0.2) is 23.4 Å². The lowest BCUT2D eigenvalue weighted by Gasteiger charge is -2.13. The summed E-state index contributed by atoms with van der Waals surface area (Å²) >= 11 is 7.36. The van der Waals surface area contributed by atoms with Crippen molar-refractivity contribution in [3.8, 4) is 0 Å². The van der Waals surface area contributed by atoms with Crippen LogP contribution in [0.4, 0.5) is 5.69 Å². The summed E-state index contributed by atoms with van der Waals surface area (Å²) in [5.74, 6) is 1.13. The van der Waals surface area contributed by atoms with E-state index in [4.69, 9.17) is 11.6 Å². The fourth-order valence-electron chi connectivity index (χ4n) is 2.21. The maximum absolute atomic E-state index is 12.2. The van der Waals surface area contributed by atoms with Crippen LogP contribution >= 0.6 is 23.4 Å². The molecule has 1 aromatic carbocycles. The first kappa shape index (κ1) is 17.8. The average molecular weight is 353 g/mol. The molecule has 1 amide bonds. The van der Waals surface area contributed by atoms with Crippen LogP contribution in [0.3, 0.4) is 0 Å². The van der Waals surface area contributed by atoms with Crippen molar-refractivity contribution in [2.24, 2.45) is 0 Å². The number of benzene rings is 1. The van der Waals surface area contributed by atoms with E-state index in [1.54, 1.807) is 12.1 Å². The SMILES string of the molecule is CCc1nnc(SCC(=O)Nc2cc(Cl)ccc2C)n1C(C)C. The molecule has 0 saturated carbocycles. The van der Waals surface area contributed by atoms with E-state index in [0.717, 1.165) is 28.7 Å². The number of nitrogens with one attached hydrogen (secondary N) is 1. The van der Waals surface area contributed by atoms with Crippen LogP contribution in [-0.2, 0) is 11.2 Å². The van der Waals surface area contributed by atoms with Crippen molar-refractivity contribution in [3.05, 3.63) is 34.6 Å². The maximum atomic E-state index is 12.2. The molecular weight excluding hydrogens is 332 g/mol. The Hall–Kier alpha value is -1.53. The molecule has 1 aromatic heterocycles. The van der Waals surface area contributed by atoms with Gasteiger partial charge in [0.05, 0.1) is 5.75 Å². The van der Waals surface area contributed by atoms with Gasteiger partial charge in [0, 0.05) is 23.2 Å². The van der Waals surface area contributed by atoms with Gasteiger partial charge in [-0.1, -0.05) is 36.4 Å². The number of halogens is 1. The highest BCUT2D eigenvalue weighted by Crippen LogP contribution is 2.23. The van der Waals surface area contributed by atoms with Crippen LogP contribution in [-0.4, -0.2) is 26.4 Å². The minimum atomic E-state index is -0.0864. The lowest BCUT2D eigenvalue weighted by atomic mass is 10.2. The summed E-state index contributed by atoms with van der Waals surface area (Å²) in [6.45, 7) is 8.15. The second kappa shape index (κ2) is 7.84. The standard InChI is InChI=1S/C16H21ClN4OS/c1-5-14-19-20-16(21(14)10(2)3)23-9-15(22)18-13-8-12(17)7-6-11(13)4/h6-8,10H,5,9H2,1-4H3,(H,18,22). The third-order valence-electron chi connectivity index (χ3n) is 3.37. The van der Waals surface area contributed by atoms with Crippen molar-refractivity contribution < 1.29 is 4.79 Å². The van der Waals surface area contributed by atoms with Gasteiger partial charge in [-0.05, 0) is 38.5 Å². The van der Waals surface area contributed by atoms with Crippen LogP contribution in [0, 0.1) is 6.92 Å². The quantitative estimate of drug-likeness (QED) is 0.794. The smallest absolute Gasteiger partial charge is 0.234 e. The van der Waals surface area contributed by atoms with Crippen molar-refractivity contribution >= 4 is 35.0 Å². The summed E-state index contributed by atoms with van der Waals surface area (Å²) in [6, 6.07) is 5.71. The molecule has 7 heteroatoms. The summed E-state index contributed by atoms with van der Waals surface area (Å²) < 4.78 is 2.07. The molecule has 0 saturated heterocycles. The van der Waals surface area contributed by atoms with Gasteiger partial charge in [0.15, 0.2) is 5.16 Å². The third kappa shape index (κ3) is 4.48. The van der Waals surface area contributed by atoms with Crippen molar-refractivity contribution in [1.29, 1.82) is 0 Å². The normalized spacial score (nSPS) is 11.0. The summed E-state index contributed by atoms with van der Waals surface area (Å²) in [6.07, 6.45) is 0.819. The van der Waals surface area contributed by atoms with Gasteiger partial charge in [-0.3, -0.25) is 4.79 Å². The van der Waals surface area contributed by atoms with Gasteiger partial charge < -0.3 is 9.88 Å². The van der Waals surface area contributed by atoms with Crippen LogP contribution in [0.5, 0.6) is 0 Å². The minimum absolute atomic E-state index is 0.0864. The van der Waals surface area contributed by atoms with Crippen molar-refractivity contribution in [2.75, 3.05) is 11.1 Å². The van der Waals surface area contributed by atoms with Crippen molar-refractivity contribution in [3.63, 3.8) is 0 Å². The topological polar surface area (TPSA) is 59.8 Å². The highest BCUT2D eigenvalue weighted by atomic mass is 35.5. The average Bonchev–Trinajstić information content (AvgIpc) is 2.92. The number of amides is 1. The summed E-state index contributed by atoms with van der Waals surface area (Å²) in [4.78, 5) is 12.2. The molecule has 0 radical (unpaired) electrons. The minimum Gasteiger partial charge on any atom is -0.325 e. The van der Waals surface area contributed by atoms with E-state index in [0.29, 0.717) is 5.02 Å². The predicted molar refractivity (Wildman–Crippen MR) is 95.3 cm³/mol. The number of carbonyl (C=O) groups is 1. The van der Waals surface area contributed by atoms with Crippen LogP contribution in [0.25, 0.3) is 0 Å². The summed E-state index contributed by atoms with van der Waals surface area (Å²) in [5.41, 5.74) is 1.72. The summed E-state index contributed by atoms with van der Waals surface area (Å²) in [5, 5.41) is 12.6. The maximum Gasteiger partial charge on any atom is 0.234 e. The Balaban J connectivity index is 2.02. The molecule has 0 fully saturated rings. The Morgan fingerprint density at radius 1 is 1.39 bits per heavy atom. The Labute approximate surface area is 145 Å². The molecule has 0 aliphatic heterocycles. The zero-order chi connectivity index (χ0) is 17.0. The molecule has 23 heavy (non-hydrogen) atoms. The number of hydrogen-bond acceptors (Lipinski definition) is 4. The molecule has 2 aromatic rings. The Morgan fingerprint density at radius 3 is 2.78 bits per heavy atom. The number of rotatable bonds is 6. The lowest BCUT2D eigenvalue weighted by Crippen LogP contribution is -2.16. The molecule has 0 aliphatic carbocycles. The lowest BCUT2D eigenvalue weighted by molar-refractivity contribution is -0.113. The van der Waals surface area contributed by atoms with Gasteiger partial charge >= 0.3 is 0 Å². The van der Waals surface area contributed by atoms with Crippen LogP contribution < -0.4 is 5.32 Å². The van der Waals surface area contributed by atoms with Crippen LogP contribution in [0.1, 0.15) is 38.2 Å². The first-order valence-electron chi connectivity index (χ1n) is 7.55. The van der Waals surface area contributed by atoms with Gasteiger partial charge in [-0.2, -0.15) is 0 Å². The number of nitrogens with zero attached hydrogens (tertiary/aromatic N) is 3. The number of hydrogen-bond donors (Lipinski definition) is 1. The Kier molecular flexibility index (Phi) is 6.07. The van der Waals surface area contributed by atoms with E-state index in [9.17, 15) is 4.79 Å².